The Kier molecular flexibility index (Phi) is 28.2. The Morgan fingerprint density at radius 1 is 1.38 bits per heavy atom. The van der Waals surface area contributed by atoms with Crippen molar-refractivity contribution in [1.29, 1.82) is 0 Å². The molecule has 0 heterocycles. The van der Waals surface area contributed by atoms with Crippen molar-refractivity contribution in [2.24, 2.45) is 0 Å². The van der Waals surface area contributed by atoms with Crippen molar-refractivity contribution in [3.63, 3.8) is 0 Å². The molecular weight excluding hydrogens is 193 g/mol. The van der Waals surface area contributed by atoms with Gasteiger partial charge in [-0.05, 0) is 0 Å². The Hall–Kier alpha value is 3.04. The molecule has 0 aliphatic rings. The van der Waals surface area contributed by atoms with Crippen LogP contribution in [0.1, 0.15) is 0 Å². The predicted molar refractivity (Wildman–Crippen MR) is 12.0 cm³/mol. The van der Waals surface area contributed by atoms with Gasteiger partial charge in [-0.15, -0.1) is 0 Å². The van der Waals surface area contributed by atoms with Gasteiger partial charge in [0.05, 0.1) is 0 Å². The molecule has 8 heavy (non-hydrogen) atoms. The average Bonchev–Trinajstić information content (AvgIpc) is 0.722. The maximum Gasteiger partial charge on any atom is 1.00 e. The fraction of sp³-hybridized carbons (Fsp3) is 0. The van der Waals surface area contributed by atoms with Crippen molar-refractivity contribution in [2.75, 3.05) is 0 Å². The molecule has 40 valence electrons. The zero-order valence-electron chi connectivity index (χ0n) is 4.54. The molecule has 0 aromatic rings. The van der Waals surface area contributed by atoms with E-state index in [9.17, 15) is 0 Å². The quantitative estimate of drug-likeness (QED) is 0.296. The first-order valence-corrected chi connectivity index (χ1v) is 2.30. The zero-order chi connectivity index (χ0) is 4.50. The molecule has 0 aliphatic heterocycles. The van der Waals surface area contributed by atoms with Crippen LogP contribution in [-0.2, 0) is 4.57 Å². The van der Waals surface area contributed by atoms with Gasteiger partial charge in [0.1, 0.15) is 0 Å². The Labute approximate surface area is 118 Å². The number of halogens is 1. The van der Waals surface area contributed by atoms with E-state index in [1.165, 1.54) is 0 Å². The van der Waals surface area contributed by atoms with E-state index < -0.39 is 7.82 Å². The summed E-state index contributed by atoms with van der Waals surface area (Å²) in [4.78, 5) is 22.9. The number of hydrogen-bond donors (Lipinski definition) is 2. The molecule has 4 nitrogen and oxygen atoms in total. The first-order valence-electron chi connectivity index (χ1n) is 0.765. The summed E-state index contributed by atoms with van der Waals surface area (Å²) < 4.78 is 8.77. The number of phosphoric acid groups is 1. The standard InChI is InChI=1S/ClH.K.Na.H3O4P/c;;;1-5(2,3)4/h1H;;;(H3,1,2,3,4)/q;2*+1;/p-2. The fourth-order valence-corrected chi connectivity index (χ4v) is 0. The average molecular weight is 195 g/mol. The smallest absolute Gasteiger partial charge is 1.00 e. The molecule has 0 saturated carbocycles. The van der Waals surface area contributed by atoms with Crippen molar-refractivity contribution in [3.05, 3.63) is 0 Å². The number of hydrogen-bond acceptors (Lipinski definition) is 2. The molecule has 0 aromatic heterocycles. The topological polar surface area (TPSA) is 80.6 Å². The van der Waals surface area contributed by atoms with Gasteiger partial charge >= 0.3 is 80.9 Å². The molecule has 0 bridgehead atoms. The Morgan fingerprint density at radius 3 is 1.38 bits per heavy atom. The van der Waals surface area contributed by atoms with Crippen LogP contribution < -0.4 is 98.2 Å². The maximum absolute atomic E-state index is 8.77. The van der Waals surface area contributed by atoms with Crippen LogP contribution in [0.15, 0.2) is 0 Å². The van der Waals surface area contributed by atoms with E-state index in [1.807, 2.05) is 0 Å². The molecule has 0 aliphatic carbocycles. The van der Waals surface area contributed by atoms with Crippen molar-refractivity contribution in [3.8, 4) is 0 Å². The van der Waals surface area contributed by atoms with E-state index in [0.717, 1.165) is 0 Å². The van der Waals surface area contributed by atoms with Gasteiger partial charge in [0, 0.05) is 0 Å². The largest absolute Gasteiger partial charge is 1.00 e. The molecule has 0 aromatic carbocycles. The monoisotopic (exact) mass is 194 g/mol. The molecule has 0 atom stereocenters. The number of rotatable bonds is 0. The first kappa shape index (κ1) is 22.5. The molecule has 0 rings (SSSR count). The van der Waals surface area contributed by atoms with Gasteiger partial charge in [0.2, 0.25) is 0 Å². The first-order chi connectivity index (χ1) is 2.00. The summed E-state index contributed by atoms with van der Waals surface area (Å²) in [6.07, 6.45) is 0. The van der Waals surface area contributed by atoms with Gasteiger partial charge in [-0.2, -0.15) is 0 Å². The summed E-state index contributed by atoms with van der Waals surface area (Å²) in [5.74, 6) is 0. The maximum atomic E-state index is 8.77. The van der Waals surface area contributed by atoms with Gasteiger partial charge in [-0.3, -0.25) is 4.57 Å². The molecule has 0 radical (unpaired) electrons. The third kappa shape index (κ3) is 63.3. The summed E-state index contributed by atoms with van der Waals surface area (Å²) in [5, 5.41) is 0. The minimum atomic E-state index is -4.89. The second-order valence-corrected chi connectivity index (χ2v) is 1.47. The molecule has 0 spiro atoms. The van der Waals surface area contributed by atoms with Crippen molar-refractivity contribution in [1.82, 2.24) is 0 Å². The van der Waals surface area contributed by atoms with Crippen LogP contribution >= 0.6 is 7.82 Å². The van der Waals surface area contributed by atoms with Crippen LogP contribution in [0.5, 0.6) is 0 Å². The van der Waals surface area contributed by atoms with Crippen LogP contribution in [0.4, 0.5) is 0 Å². The Bertz CT molecular complexity index is 62.2. The van der Waals surface area contributed by atoms with Crippen LogP contribution in [0.3, 0.4) is 0 Å². The van der Waals surface area contributed by atoms with Gasteiger partial charge in [-0.1, -0.05) is 0 Å². The second-order valence-electron chi connectivity index (χ2n) is 0.491. The van der Waals surface area contributed by atoms with Gasteiger partial charge < -0.3 is 27.1 Å². The molecule has 0 saturated heterocycles. The Morgan fingerprint density at radius 2 is 1.38 bits per heavy atom. The molecule has 2 N–H and O–H groups in total. The second kappa shape index (κ2) is 10.0. The third-order valence-electron chi connectivity index (χ3n) is 0. The van der Waals surface area contributed by atoms with Gasteiger partial charge in [0.25, 0.3) is 7.82 Å². The normalized spacial score (nSPS) is 7.38. The summed E-state index contributed by atoms with van der Waals surface area (Å²) in [5.41, 5.74) is 0. The predicted octanol–water partition coefficient (Wildman–Crippen LogP) is -10.5. The van der Waals surface area contributed by atoms with E-state index >= 15 is 0 Å². The molecular formula is H2ClKNaO4P. The van der Waals surface area contributed by atoms with E-state index in [4.69, 9.17) is 19.2 Å². The summed E-state index contributed by atoms with van der Waals surface area (Å²) in [7, 11) is -4.89. The van der Waals surface area contributed by atoms with Crippen LogP contribution in [0.2, 0.25) is 0 Å². The van der Waals surface area contributed by atoms with Crippen LogP contribution in [0.25, 0.3) is 0 Å². The summed E-state index contributed by atoms with van der Waals surface area (Å²) in [6, 6.07) is 0. The summed E-state index contributed by atoms with van der Waals surface area (Å²) >= 11 is 0. The zero-order valence-corrected chi connectivity index (χ0v) is 11.3. The SMILES string of the molecule is O=P([O-])(O)O.[Cl-].[K+].[Na+]. The molecule has 0 amide bonds. The minimum absolute atomic E-state index is 0. The van der Waals surface area contributed by atoms with E-state index in [1.54, 1.807) is 0 Å². The molecule has 0 fully saturated rings. The van der Waals surface area contributed by atoms with Crippen LogP contribution in [-0.4, -0.2) is 9.79 Å². The third-order valence-corrected chi connectivity index (χ3v) is 0. The van der Waals surface area contributed by atoms with E-state index in [2.05, 4.69) is 0 Å². The van der Waals surface area contributed by atoms with Gasteiger partial charge in [0.15, 0.2) is 0 Å². The van der Waals surface area contributed by atoms with Crippen LogP contribution in [0, 0.1) is 0 Å². The minimum Gasteiger partial charge on any atom is -1.00 e. The fourth-order valence-electron chi connectivity index (χ4n) is 0. The van der Waals surface area contributed by atoms with E-state index in [0.29, 0.717) is 0 Å². The summed E-state index contributed by atoms with van der Waals surface area (Å²) in [6.45, 7) is 0. The molecule has 0 unspecified atom stereocenters. The van der Waals surface area contributed by atoms with E-state index in [-0.39, 0.29) is 93.3 Å². The molecule has 8 heteroatoms. The Balaban J connectivity index is -0.0000000267. The van der Waals surface area contributed by atoms with Gasteiger partial charge in [-0.25, -0.2) is 0 Å². The van der Waals surface area contributed by atoms with Crippen molar-refractivity contribution < 1.29 is 113 Å². The van der Waals surface area contributed by atoms with Crippen molar-refractivity contribution >= 4 is 7.82 Å². The van der Waals surface area contributed by atoms with Crippen molar-refractivity contribution in [2.45, 2.75) is 0 Å².